The third-order valence-corrected chi connectivity index (χ3v) is 6.00. The van der Waals surface area contributed by atoms with Crippen molar-refractivity contribution in [2.24, 2.45) is 0 Å². The molecule has 7 nitrogen and oxygen atoms in total. The Morgan fingerprint density at radius 3 is 2.42 bits per heavy atom. The minimum atomic E-state index is -3.90. The van der Waals surface area contributed by atoms with Crippen molar-refractivity contribution in [2.75, 3.05) is 17.9 Å². The number of benzene rings is 3. The van der Waals surface area contributed by atoms with Crippen LogP contribution in [0.5, 0.6) is 5.75 Å². The van der Waals surface area contributed by atoms with Gasteiger partial charge in [0.15, 0.2) is 11.6 Å². The molecule has 1 atom stereocenters. The highest BCUT2D eigenvalue weighted by Gasteiger charge is 2.17. The van der Waals surface area contributed by atoms with Crippen LogP contribution in [0.1, 0.15) is 28.9 Å². The average Bonchev–Trinajstić information content (AvgIpc) is 2.79. The lowest BCUT2D eigenvalue weighted by atomic mass is 10.1. The second-order valence-corrected chi connectivity index (χ2v) is 8.67. The predicted molar refractivity (Wildman–Crippen MR) is 119 cm³/mol. The summed E-state index contributed by atoms with van der Waals surface area (Å²) in [6, 6.07) is 14.6. The molecule has 0 saturated heterocycles. The molecule has 10 heteroatoms. The van der Waals surface area contributed by atoms with Crippen molar-refractivity contribution in [1.82, 2.24) is 5.32 Å². The summed E-state index contributed by atoms with van der Waals surface area (Å²) in [5.74, 6) is -2.19. The van der Waals surface area contributed by atoms with Crippen LogP contribution in [0.4, 0.5) is 14.5 Å². The van der Waals surface area contributed by atoms with Gasteiger partial charge in [0.05, 0.1) is 17.6 Å². The molecule has 3 aromatic carbocycles. The third-order valence-electron chi connectivity index (χ3n) is 4.61. The molecule has 1 unspecified atom stereocenters. The van der Waals surface area contributed by atoms with Gasteiger partial charge in [-0.2, -0.15) is 0 Å². The molecule has 3 N–H and O–H groups in total. The van der Waals surface area contributed by atoms with E-state index >= 15 is 0 Å². The summed E-state index contributed by atoms with van der Waals surface area (Å²) >= 11 is 0. The van der Waals surface area contributed by atoms with Crippen molar-refractivity contribution in [3.63, 3.8) is 0 Å². The van der Waals surface area contributed by atoms with Crippen LogP contribution in [0.2, 0.25) is 0 Å². The lowest BCUT2D eigenvalue weighted by molar-refractivity contribution is 0.0916. The largest absolute Gasteiger partial charge is 0.494 e. The Morgan fingerprint density at radius 1 is 1.03 bits per heavy atom. The zero-order valence-corrected chi connectivity index (χ0v) is 18.4. The summed E-state index contributed by atoms with van der Waals surface area (Å²) in [6.07, 6.45) is -1.26. The lowest BCUT2D eigenvalue weighted by Gasteiger charge is -2.13. The van der Waals surface area contributed by atoms with Crippen molar-refractivity contribution in [3.05, 3.63) is 89.5 Å². The van der Waals surface area contributed by atoms with Crippen LogP contribution in [0.25, 0.3) is 0 Å². The number of hydrogen-bond donors (Lipinski definition) is 3. The Hall–Kier alpha value is -3.50. The number of hydrogen-bond acceptors (Lipinski definition) is 5. The van der Waals surface area contributed by atoms with Gasteiger partial charge in [-0.25, -0.2) is 17.2 Å². The van der Waals surface area contributed by atoms with E-state index in [0.717, 1.165) is 12.1 Å². The van der Waals surface area contributed by atoms with Gasteiger partial charge in [-0.3, -0.25) is 9.52 Å². The van der Waals surface area contributed by atoms with Crippen LogP contribution >= 0.6 is 0 Å². The van der Waals surface area contributed by atoms with E-state index in [1.165, 1.54) is 42.5 Å². The van der Waals surface area contributed by atoms with Crippen LogP contribution in [0.15, 0.2) is 71.6 Å². The average molecular weight is 477 g/mol. The lowest BCUT2D eigenvalue weighted by Crippen LogP contribution is -2.28. The van der Waals surface area contributed by atoms with E-state index in [9.17, 15) is 27.1 Å². The Kier molecular flexibility index (Phi) is 7.62. The number of aliphatic hydroxyl groups is 1. The topological polar surface area (TPSA) is 105 Å². The highest BCUT2D eigenvalue weighted by atomic mass is 32.2. The first-order valence-corrected chi connectivity index (χ1v) is 11.4. The molecular formula is C23H22F2N2O5S. The molecular weight excluding hydrogens is 454 g/mol. The number of halogens is 2. The van der Waals surface area contributed by atoms with Crippen molar-refractivity contribution in [2.45, 2.75) is 17.9 Å². The number of anilines is 1. The van der Waals surface area contributed by atoms with Crippen LogP contribution in [0.3, 0.4) is 0 Å². The van der Waals surface area contributed by atoms with Crippen LogP contribution in [-0.4, -0.2) is 32.6 Å². The van der Waals surface area contributed by atoms with Crippen LogP contribution < -0.4 is 14.8 Å². The van der Waals surface area contributed by atoms with Gasteiger partial charge in [-0.1, -0.05) is 12.1 Å². The molecule has 0 aromatic heterocycles. The summed E-state index contributed by atoms with van der Waals surface area (Å²) in [5, 5.41) is 12.6. The Balaban J connectivity index is 1.65. The summed E-state index contributed by atoms with van der Waals surface area (Å²) in [7, 11) is -3.90. The van der Waals surface area contributed by atoms with E-state index < -0.39 is 33.7 Å². The van der Waals surface area contributed by atoms with Crippen molar-refractivity contribution >= 4 is 21.6 Å². The highest BCUT2D eigenvalue weighted by molar-refractivity contribution is 7.92. The highest BCUT2D eigenvalue weighted by Crippen LogP contribution is 2.20. The van der Waals surface area contributed by atoms with E-state index in [2.05, 4.69) is 10.0 Å². The second kappa shape index (κ2) is 10.4. The Bertz CT molecular complexity index is 1230. The molecule has 1 amide bonds. The zero-order chi connectivity index (χ0) is 24.0. The predicted octanol–water partition coefficient (Wildman–Crippen LogP) is 3.63. The maximum absolute atomic E-state index is 13.3. The molecule has 0 aliphatic carbocycles. The van der Waals surface area contributed by atoms with Gasteiger partial charge >= 0.3 is 0 Å². The maximum atomic E-state index is 13.3. The first kappa shape index (κ1) is 24.1. The quantitative estimate of drug-likeness (QED) is 0.438. The first-order valence-electron chi connectivity index (χ1n) is 9.96. The molecule has 3 aromatic rings. The van der Waals surface area contributed by atoms with Gasteiger partial charge in [0.1, 0.15) is 5.75 Å². The fourth-order valence-electron chi connectivity index (χ4n) is 2.95. The first-order chi connectivity index (χ1) is 15.7. The number of amides is 1. The summed E-state index contributed by atoms with van der Waals surface area (Å²) in [6.45, 7) is 2.02. The molecule has 0 heterocycles. The molecule has 3 rings (SSSR count). The fourth-order valence-corrected chi connectivity index (χ4v) is 4.00. The standard InChI is InChI=1S/C23H22F2N2O5S/c1-2-32-18-7-9-19(10-8-18)33(30,31)27-17-5-3-4-16(12-17)23(29)26-14-22(28)15-6-11-20(24)21(25)13-15/h3-13,22,27-28H,2,14H2,1H3,(H,26,29). The number of nitrogens with one attached hydrogen (secondary N) is 2. The molecule has 0 bridgehead atoms. The van der Waals surface area contributed by atoms with E-state index in [-0.39, 0.29) is 28.3 Å². The number of carbonyl (C=O) groups excluding carboxylic acids is 1. The number of carbonyl (C=O) groups is 1. The summed E-state index contributed by atoms with van der Waals surface area (Å²) in [4.78, 5) is 12.5. The fraction of sp³-hybridized carbons (Fsp3) is 0.174. The SMILES string of the molecule is CCOc1ccc(S(=O)(=O)Nc2cccc(C(=O)NCC(O)c3ccc(F)c(F)c3)c2)cc1. The van der Waals surface area contributed by atoms with E-state index in [0.29, 0.717) is 12.4 Å². The minimum absolute atomic E-state index is 0.0236. The number of aliphatic hydroxyl groups excluding tert-OH is 1. The molecule has 0 radical (unpaired) electrons. The van der Waals surface area contributed by atoms with Gasteiger partial charge in [-0.05, 0) is 67.1 Å². The molecule has 0 aliphatic rings. The molecule has 174 valence electrons. The van der Waals surface area contributed by atoms with Gasteiger partial charge in [0.2, 0.25) is 0 Å². The third kappa shape index (κ3) is 6.27. The normalized spacial score (nSPS) is 12.1. The van der Waals surface area contributed by atoms with Gasteiger partial charge in [0.25, 0.3) is 15.9 Å². The number of rotatable bonds is 9. The van der Waals surface area contributed by atoms with E-state index in [1.54, 1.807) is 12.1 Å². The van der Waals surface area contributed by atoms with Crippen molar-refractivity contribution < 1.29 is 31.8 Å². The Labute approximate surface area is 190 Å². The molecule has 0 saturated carbocycles. The van der Waals surface area contributed by atoms with Gasteiger partial charge in [0, 0.05) is 17.8 Å². The molecule has 0 fully saturated rings. The van der Waals surface area contributed by atoms with Gasteiger partial charge < -0.3 is 15.2 Å². The zero-order valence-electron chi connectivity index (χ0n) is 17.6. The smallest absolute Gasteiger partial charge is 0.261 e. The summed E-state index contributed by atoms with van der Waals surface area (Å²) < 4.78 is 59.3. The van der Waals surface area contributed by atoms with Crippen molar-refractivity contribution in [1.29, 1.82) is 0 Å². The molecule has 0 aliphatic heterocycles. The molecule has 33 heavy (non-hydrogen) atoms. The van der Waals surface area contributed by atoms with E-state index in [1.807, 2.05) is 6.92 Å². The molecule has 0 spiro atoms. The number of sulfonamides is 1. The summed E-state index contributed by atoms with van der Waals surface area (Å²) in [5.41, 5.74) is 0.406. The van der Waals surface area contributed by atoms with Crippen LogP contribution in [0, 0.1) is 11.6 Å². The minimum Gasteiger partial charge on any atom is -0.494 e. The number of ether oxygens (including phenoxy) is 1. The maximum Gasteiger partial charge on any atom is 0.261 e. The van der Waals surface area contributed by atoms with Gasteiger partial charge in [-0.15, -0.1) is 0 Å². The van der Waals surface area contributed by atoms with E-state index in [4.69, 9.17) is 4.74 Å². The Morgan fingerprint density at radius 2 is 1.76 bits per heavy atom. The second-order valence-electron chi connectivity index (χ2n) is 6.99. The van der Waals surface area contributed by atoms with Crippen LogP contribution in [-0.2, 0) is 10.0 Å². The van der Waals surface area contributed by atoms with Crippen molar-refractivity contribution in [3.8, 4) is 5.75 Å². The monoisotopic (exact) mass is 476 g/mol.